The van der Waals surface area contributed by atoms with Crippen LogP contribution in [-0.4, -0.2) is 33.2 Å². The Kier molecular flexibility index (Phi) is 2.22. The smallest absolute Gasteiger partial charge is 0.168 e. The highest BCUT2D eigenvalue weighted by molar-refractivity contribution is 7.09. The van der Waals surface area contributed by atoms with Crippen LogP contribution in [0.25, 0.3) is 0 Å². The predicted octanol–water partition coefficient (Wildman–Crippen LogP) is 0.0890. The second-order valence-electron chi connectivity index (χ2n) is 3.19. The molecule has 0 spiro atoms. The molecule has 14 heavy (non-hydrogen) atoms. The van der Waals surface area contributed by atoms with Crippen LogP contribution < -0.4 is 0 Å². The van der Waals surface area contributed by atoms with Gasteiger partial charge in [-0.25, -0.2) is 4.98 Å². The average molecular weight is 211 g/mol. The fourth-order valence-corrected chi connectivity index (χ4v) is 2.36. The van der Waals surface area contributed by atoms with Gasteiger partial charge < -0.3 is 10.2 Å². The van der Waals surface area contributed by atoms with Crippen LogP contribution >= 0.6 is 11.3 Å². The lowest BCUT2D eigenvalue weighted by Gasteiger charge is -2.23. The number of nitrogens with zero attached hydrogens (tertiary/aromatic N) is 1. The largest absolute Gasteiger partial charge is 0.393 e. The lowest BCUT2D eigenvalue weighted by Crippen LogP contribution is -2.37. The van der Waals surface area contributed by atoms with Crippen molar-refractivity contribution in [2.24, 2.45) is 0 Å². The van der Waals surface area contributed by atoms with Gasteiger partial charge in [0.05, 0.1) is 6.61 Å². The summed E-state index contributed by atoms with van der Waals surface area (Å²) in [5.41, 5.74) is -1.48. The van der Waals surface area contributed by atoms with Crippen molar-refractivity contribution in [2.45, 2.75) is 11.5 Å². The van der Waals surface area contributed by atoms with Crippen molar-refractivity contribution in [1.29, 1.82) is 0 Å². The van der Waals surface area contributed by atoms with Gasteiger partial charge in [0.25, 0.3) is 0 Å². The third kappa shape index (κ3) is 1.30. The van der Waals surface area contributed by atoms with Crippen molar-refractivity contribution in [2.75, 3.05) is 6.61 Å². The molecule has 0 fully saturated rings. The Morgan fingerprint density at radius 2 is 2.43 bits per heavy atom. The van der Waals surface area contributed by atoms with Gasteiger partial charge in [0.1, 0.15) is 16.5 Å². The summed E-state index contributed by atoms with van der Waals surface area (Å²) in [4.78, 5) is 15.4. The molecule has 2 N–H and O–H groups in total. The fraction of sp³-hybridized carbons (Fsp3) is 0.333. The van der Waals surface area contributed by atoms with Gasteiger partial charge in [-0.2, -0.15) is 0 Å². The normalized spacial score (nSPS) is 31.3. The van der Waals surface area contributed by atoms with Crippen LogP contribution in [0.1, 0.15) is 10.9 Å². The number of ketones is 1. The molecule has 0 saturated carbocycles. The number of carbonyl (C=O) groups excluding carboxylic acids is 1. The Hall–Kier alpha value is -1.04. The summed E-state index contributed by atoms with van der Waals surface area (Å²) in [5.74, 6) is -0.955. The minimum absolute atomic E-state index is 0.212. The molecule has 1 aliphatic carbocycles. The quantitative estimate of drug-likeness (QED) is 0.727. The minimum Gasteiger partial charge on any atom is -0.393 e. The molecule has 1 aromatic rings. The van der Waals surface area contributed by atoms with E-state index in [-0.39, 0.29) is 5.78 Å². The highest BCUT2D eigenvalue weighted by Crippen LogP contribution is 2.36. The Morgan fingerprint density at radius 1 is 1.64 bits per heavy atom. The van der Waals surface area contributed by atoms with E-state index in [0.717, 1.165) is 0 Å². The Morgan fingerprint density at radius 3 is 3.00 bits per heavy atom. The molecule has 0 radical (unpaired) electrons. The minimum atomic E-state index is -1.48. The number of aliphatic hydroxyl groups is 2. The summed E-state index contributed by atoms with van der Waals surface area (Å²) in [5, 5.41) is 21.2. The lowest BCUT2D eigenvalue weighted by molar-refractivity contribution is -0.119. The fourth-order valence-electron chi connectivity index (χ4n) is 1.52. The van der Waals surface area contributed by atoms with Gasteiger partial charge >= 0.3 is 0 Å². The molecule has 2 atom stereocenters. The molecule has 1 heterocycles. The predicted molar refractivity (Wildman–Crippen MR) is 51.0 cm³/mol. The number of allylic oxidation sites excluding steroid dienone is 1. The monoisotopic (exact) mass is 211 g/mol. The summed E-state index contributed by atoms with van der Waals surface area (Å²) in [6, 6.07) is 0. The zero-order valence-corrected chi connectivity index (χ0v) is 8.07. The molecular weight excluding hydrogens is 202 g/mol. The van der Waals surface area contributed by atoms with Crippen molar-refractivity contribution >= 4 is 17.1 Å². The summed E-state index contributed by atoms with van der Waals surface area (Å²) in [7, 11) is 0. The van der Waals surface area contributed by atoms with Crippen LogP contribution in [0.15, 0.2) is 23.7 Å². The zero-order chi connectivity index (χ0) is 10.2. The van der Waals surface area contributed by atoms with Gasteiger partial charge in [0.15, 0.2) is 5.78 Å². The first-order chi connectivity index (χ1) is 6.67. The highest BCUT2D eigenvalue weighted by atomic mass is 32.1. The first-order valence-corrected chi connectivity index (χ1v) is 5.01. The van der Waals surface area contributed by atoms with Crippen LogP contribution in [0.4, 0.5) is 0 Å². The Labute approximate surface area is 84.5 Å². The molecule has 74 valence electrons. The van der Waals surface area contributed by atoms with Gasteiger partial charge in [-0.05, 0) is 12.2 Å². The molecule has 2 rings (SSSR count). The first kappa shape index (κ1) is 9.51. The number of rotatable bonds is 2. The van der Waals surface area contributed by atoms with Gasteiger partial charge in [-0.1, -0.05) is 0 Å². The second-order valence-corrected chi connectivity index (χ2v) is 4.11. The van der Waals surface area contributed by atoms with Gasteiger partial charge in [-0.3, -0.25) is 4.79 Å². The number of hydrogen-bond acceptors (Lipinski definition) is 5. The number of carbonyl (C=O) groups is 1. The van der Waals surface area contributed by atoms with E-state index in [1.165, 1.54) is 23.5 Å². The van der Waals surface area contributed by atoms with Crippen molar-refractivity contribution < 1.29 is 15.0 Å². The number of aliphatic hydroxyl groups excluding tert-OH is 1. The number of thiazole rings is 1. The average Bonchev–Trinajstić information content (AvgIpc) is 2.75. The van der Waals surface area contributed by atoms with Crippen LogP contribution in [-0.2, 0) is 4.79 Å². The van der Waals surface area contributed by atoms with E-state index in [2.05, 4.69) is 4.98 Å². The molecule has 5 heteroatoms. The van der Waals surface area contributed by atoms with Crippen molar-refractivity contribution in [3.05, 3.63) is 28.7 Å². The molecule has 0 saturated heterocycles. The maximum Gasteiger partial charge on any atom is 0.168 e. The molecule has 0 aromatic carbocycles. The van der Waals surface area contributed by atoms with E-state index >= 15 is 0 Å². The van der Waals surface area contributed by atoms with Crippen molar-refractivity contribution in [3.8, 4) is 0 Å². The third-order valence-electron chi connectivity index (χ3n) is 2.27. The van der Waals surface area contributed by atoms with Crippen molar-refractivity contribution in [3.63, 3.8) is 0 Å². The maximum atomic E-state index is 11.5. The molecular formula is C9H9NO3S. The van der Waals surface area contributed by atoms with Crippen LogP contribution in [0, 0.1) is 0 Å². The molecule has 4 nitrogen and oxygen atoms in total. The summed E-state index contributed by atoms with van der Waals surface area (Å²) >= 11 is 1.30. The molecule has 0 unspecified atom stereocenters. The van der Waals surface area contributed by atoms with Crippen LogP contribution in [0.2, 0.25) is 0 Å². The summed E-state index contributed by atoms with van der Waals surface area (Å²) < 4.78 is 0. The standard InChI is InChI=1S/C9H9NO3S/c11-5-9(13)2-1-6(12)7(9)8-10-3-4-14-8/h1-4,7,11,13H,5H2/t7-,9-/m1/s1. The van der Waals surface area contributed by atoms with Gasteiger partial charge in [-0.15, -0.1) is 11.3 Å². The van der Waals surface area contributed by atoms with Gasteiger partial charge in [0, 0.05) is 11.6 Å². The number of hydrogen-bond donors (Lipinski definition) is 2. The van der Waals surface area contributed by atoms with Crippen LogP contribution in [0.5, 0.6) is 0 Å². The zero-order valence-electron chi connectivity index (χ0n) is 7.25. The van der Waals surface area contributed by atoms with E-state index in [1.54, 1.807) is 11.6 Å². The SMILES string of the molecule is O=C1C=C[C@@](O)(CO)[C@H]1c1nccs1. The van der Waals surface area contributed by atoms with Gasteiger partial charge in [0.2, 0.25) is 0 Å². The molecule has 0 amide bonds. The highest BCUT2D eigenvalue weighted by Gasteiger charge is 2.44. The van der Waals surface area contributed by atoms with Crippen LogP contribution in [0.3, 0.4) is 0 Å². The first-order valence-electron chi connectivity index (χ1n) is 4.13. The maximum absolute atomic E-state index is 11.5. The van der Waals surface area contributed by atoms with E-state index in [1.807, 2.05) is 0 Å². The summed E-state index contributed by atoms with van der Waals surface area (Å²) in [6.07, 6.45) is 4.20. The molecule has 1 aromatic heterocycles. The molecule has 0 aliphatic heterocycles. The molecule has 0 bridgehead atoms. The Balaban J connectivity index is 2.39. The number of aromatic nitrogens is 1. The lowest BCUT2D eigenvalue weighted by atomic mass is 9.91. The van der Waals surface area contributed by atoms with E-state index < -0.39 is 18.1 Å². The van der Waals surface area contributed by atoms with E-state index in [9.17, 15) is 9.90 Å². The Bertz CT molecular complexity index is 373. The van der Waals surface area contributed by atoms with Crippen molar-refractivity contribution in [1.82, 2.24) is 4.98 Å². The molecule has 1 aliphatic rings. The second kappa shape index (κ2) is 3.27. The van der Waals surface area contributed by atoms with E-state index in [0.29, 0.717) is 5.01 Å². The van der Waals surface area contributed by atoms with E-state index in [4.69, 9.17) is 5.11 Å². The topological polar surface area (TPSA) is 70.4 Å². The summed E-state index contributed by atoms with van der Waals surface area (Å²) in [6.45, 7) is -0.473. The third-order valence-corrected chi connectivity index (χ3v) is 3.11.